The number of alkyl halides is 2. The number of halogens is 2. The molecule has 258 valence electrons. The molecule has 0 unspecified atom stereocenters. The fraction of sp³-hybridized carbons (Fsp3) is 0.167. The Labute approximate surface area is 309 Å². The van der Waals surface area contributed by atoms with Crippen LogP contribution in [0.4, 0.5) is 5.69 Å². The number of benzene rings is 5. The van der Waals surface area contributed by atoms with Gasteiger partial charge in [-0.05, 0) is 52.1 Å². The number of likely N-dealkylation sites (tertiary alicyclic amines) is 1. The van der Waals surface area contributed by atoms with Crippen molar-refractivity contribution in [3.63, 3.8) is 0 Å². The van der Waals surface area contributed by atoms with E-state index >= 15 is 0 Å². The highest BCUT2D eigenvalue weighted by Crippen LogP contribution is 2.69. The highest BCUT2D eigenvalue weighted by molar-refractivity contribution is 6.36. The molecule has 3 aliphatic carbocycles. The van der Waals surface area contributed by atoms with E-state index in [9.17, 15) is 24.0 Å². The molecular weight excluding hydrogens is 699 g/mol. The monoisotopic (exact) mass is 728 g/mol. The van der Waals surface area contributed by atoms with Gasteiger partial charge in [0.15, 0.2) is 12.4 Å². The third-order valence-corrected chi connectivity index (χ3v) is 11.6. The van der Waals surface area contributed by atoms with Gasteiger partial charge in [0.2, 0.25) is 17.7 Å². The lowest BCUT2D eigenvalue weighted by molar-refractivity contribution is -0.146. The molecule has 1 N–H and O–H groups in total. The van der Waals surface area contributed by atoms with Gasteiger partial charge >= 0.3 is 5.97 Å². The first kappa shape index (κ1) is 33.6. The maximum Gasteiger partial charge on any atom is 0.338 e. The quantitative estimate of drug-likeness (QED) is 0.0768. The summed E-state index contributed by atoms with van der Waals surface area (Å²) >= 11 is 15.2. The predicted molar refractivity (Wildman–Crippen MR) is 195 cm³/mol. The van der Waals surface area contributed by atoms with Crippen molar-refractivity contribution in [3.05, 3.63) is 172 Å². The van der Waals surface area contributed by atoms with Crippen LogP contribution >= 0.6 is 23.2 Å². The van der Waals surface area contributed by atoms with Gasteiger partial charge in [-0.1, -0.05) is 109 Å². The Morgan fingerprint density at radius 1 is 0.635 bits per heavy atom. The number of Topliss-reactive ketones (excluding diaryl/α,β-unsaturated/α-hetero) is 1. The average Bonchev–Trinajstić information content (AvgIpc) is 3.46. The van der Waals surface area contributed by atoms with Crippen LogP contribution < -0.4 is 5.32 Å². The summed E-state index contributed by atoms with van der Waals surface area (Å²) in [7, 11) is 0. The lowest BCUT2D eigenvalue weighted by Gasteiger charge is -2.54. The van der Waals surface area contributed by atoms with Gasteiger partial charge in [-0.2, -0.15) is 0 Å². The van der Waals surface area contributed by atoms with Gasteiger partial charge in [-0.3, -0.25) is 24.1 Å². The zero-order valence-corrected chi connectivity index (χ0v) is 29.0. The Kier molecular flexibility index (Phi) is 8.32. The molecule has 8 nitrogen and oxygen atoms in total. The second-order valence-corrected chi connectivity index (χ2v) is 14.3. The summed E-state index contributed by atoms with van der Waals surface area (Å²) in [5, 5.41) is 2.83. The van der Waals surface area contributed by atoms with Gasteiger partial charge in [0.1, 0.15) is 15.8 Å². The van der Waals surface area contributed by atoms with Crippen LogP contribution in [0.15, 0.2) is 133 Å². The smallest absolute Gasteiger partial charge is 0.338 e. The van der Waals surface area contributed by atoms with Crippen LogP contribution in [0.2, 0.25) is 0 Å². The molecule has 5 aromatic carbocycles. The predicted octanol–water partition coefficient (Wildman–Crippen LogP) is 6.87. The van der Waals surface area contributed by atoms with Crippen molar-refractivity contribution in [2.24, 2.45) is 11.8 Å². The van der Waals surface area contributed by atoms with Crippen LogP contribution in [-0.4, -0.2) is 47.0 Å². The number of ether oxygens (including phenoxy) is 1. The molecule has 0 radical (unpaired) electrons. The molecule has 1 fully saturated rings. The minimum Gasteiger partial charge on any atom is -0.454 e. The maximum atomic E-state index is 14.7. The number of hydrogen-bond donors (Lipinski definition) is 1. The second-order valence-electron chi connectivity index (χ2n) is 13.2. The molecule has 0 saturated carbocycles. The van der Waals surface area contributed by atoms with E-state index < -0.39 is 57.9 Å². The number of nitrogens with one attached hydrogen (secondary N) is 1. The number of esters is 1. The molecule has 3 amide bonds. The molecule has 0 spiro atoms. The molecule has 0 aromatic heterocycles. The van der Waals surface area contributed by atoms with Gasteiger partial charge in [0, 0.05) is 17.7 Å². The minimum absolute atomic E-state index is 0.0356. The SMILES string of the molecule is O=C(COC(=O)c1ccc(NC(=O)[C@H](Cc2ccccc2)N2C(=O)[C@@H]3[C@@H](C2=O)C2(Cl)c4ccccc4C3(Cl)c3ccccc32)cc1)c1ccccc1. The summed E-state index contributed by atoms with van der Waals surface area (Å²) in [6.45, 7) is -0.425. The largest absolute Gasteiger partial charge is 0.454 e. The van der Waals surface area contributed by atoms with Crippen LogP contribution in [0.25, 0.3) is 0 Å². The lowest BCUT2D eigenvalue weighted by atomic mass is 9.54. The van der Waals surface area contributed by atoms with Gasteiger partial charge in [-0.15, -0.1) is 23.2 Å². The van der Waals surface area contributed by atoms with E-state index in [-0.39, 0.29) is 17.8 Å². The normalized spacial score (nSPS) is 22.9. The van der Waals surface area contributed by atoms with E-state index in [1.165, 1.54) is 24.3 Å². The molecule has 1 saturated heterocycles. The van der Waals surface area contributed by atoms with E-state index in [1.54, 1.807) is 30.3 Å². The summed E-state index contributed by atoms with van der Waals surface area (Å²) in [6, 6.07) is 37.0. The number of carbonyl (C=O) groups excluding carboxylic acids is 5. The van der Waals surface area contributed by atoms with Crippen molar-refractivity contribution < 1.29 is 28.7 Å². The van der Waals surface area contributed by atoms with Crippen molar-refractivity contribution in [1.82, 2.24) is 4.90 Å². The number of imide groups is 1. The molecule has 1 heterocycles. The second kappa shape index (κ2) is 12.9. The van der Waals surface area contributed by atoms with Crippen molar-refractivity contribution in [2.45, 2.75) is 22.2 Å². The maximum absolute atomic E-state index is 14.7. The van der Waals surface area contributed by atoms with Crippen LogP contribution in [0.3, 0.4) is 0 Å². The molecule has 2 bridgehead atoms. The first-order valence-electron chi connectivity index (χ1n) is 16.8. The Bertz CT molecular complexity index is 2140. The van der Waals surface area contributed by atoms with Crippen molar-refractivity contribution in [3.8, 4) is 0 Å². The number of ketones is 1. The molecule has 10 heteroatoms. The Hall–Kier alpha value is -5.57. The molecule has 1 aliphatic heterocycles. The van der Waals surface area contributed by atoms with Crippen LogP contribution in [0.5, 0.6) is 0 Å². The third-order valence-electron chi connectivity index (χ3n) is 10.3. The van der Waals surface area contributed by atoms with E-state index in [1.807, 2.05) is 78.9 Å². The summed E-state index contributed by atoms with van der Waals surface area (Å²) in [4.78, 5) is 67.1. The topological polar surface area (TPSA) is 110 Å². The number of amides is 3. The first-order chi connectivity index (χ1) is 25.1. The molecule has 4 aliphatic rings. The number of nitrogens with zero attached hydrogens (tertiary/aromatic N) is 1. The van der Waals surface area contributed by atoms with Gasteiger partial charge in [-0.25, -0.2) is 4.79 Å². The molecule has 5 aromatic rings. The third kappa shape index (κ3) is 5.16. The zero-order valence-electron chi connectivity index (χ0n) is 27.5. The summed E-state index contributed by atoms with van der Waals surface area (Å²) in [6.07, 6.45) is 0.0356. The minimum atomic E-state index is -1.39. The van der Waals surface area contributed by atoms with Crippen LogP contribution in [-0.2, 0) is 35.3 Å². The Balaban J connectivity index is 1.08. The standard InChI is InChI=1S/C42H30Cl2N2O6/c43-41-29-15-7-8-16-30(29)42(44,32-18-10-9-17-31(32)41)36-35(41)38(49)46(39(36)50)33(23-25-11-3-1-4-12-25)37(48)45-28-21-19-27(20-22-28)40(51)52-24-34(47)26-13-5-2-6-14-26/h1-22,33,35-36H,23-24H2,(H,45,48)/t33-,35-,36-,41?,42?/m0/s1. The van der Waals surface area contributed by atoms with E-state index in [0.29, 0.717) is 33.5 Å². The first-order valence-corrected chi connectivity index (χ1v) is 17.5. The summed E-state index contributed by atoms with van der Waals surface area (Å²) < 4.78 is 5.21. The van der Waals surface area contributed by atoms with Crippen molar-refractivity contribution >= 4 is 58.4 Å². The number of hydrogen-bond acceptors (Lipinski definition) is 6. The van der Waals surface area contributed by atoms with Crippen LogP contribution in [0, 0.1) is 11.8 Å². The highest BCUT2D eigenvalue weighted by Gasteiger charge is 2.73. The lowest BCUT2D eigenvalue weighted by Crippen LogP contribution is -2.57. The fourth-order valence-corrected chi connectivity index (χ4v) is 9.07. The zero-order chi connectivity index (χ0) is 36.2. The molecule has 9 rings (SSSR count). The van der Waals surface area contributed by atoms with Crippen molar-refractivity contribution in [1.29, 1.82) is 0 Å². The van der Waals surface area contributed by atoms with E-state index in [2.05, 4.69) is 5.32 Å². The number of rotatable bonds is 9. The van der Waals surface area contributed by atoms with Gasteiger partial charge in [0.25, 0.3) is 0 Å². The van der Waals surface area contributed by atoms with Gasteiger partial charge < -0.3 is 10.1 Å². The average molecular weight is 730 g/mol. The fourth-order valence-electron chi connectivity index (χ4n) is 7.97. The van der Waals surface area contributed by atoms with E-state index in [4.69, 9.17) is 27.9 Å². The number of anilines is 1. The summed E-state index contributed by atoms with van der Waals surface area (Å²) in [5.74, 6) is -4.92. The Morgan fingerprint density at radius 3 is 1.60 bits per heavy atom. The number of carbonyl (C=O) groups is 5. The van der Waals surface area contributed by atoms with E-state index in [0.717, 1.165) is 10.5 Å². The van der Waals surface area contributed by atoms with Crippen LogP contribution in [0.1, 0.15) is 48.5 Å². The Morgan fingerprint density at radius 2 is 1.10 bits per heavy atom. The molecular formula is C42H30Cl2N2O6. The molecule has 52 heavy (non-hydrogen) atoms. The molecule has 3 atom stereocenters. The van der Waals surface area contributed by atoms with Crippen molar-refractivity contribution in [2.75, 3.05) is 11.9 Å². The highest BCUT2D eigenvalue weighted by atomic mass is 35.5. The summed E-state index contributed by atoms with van der Waals surface area (Å²) in [5.41, 5.74) is 4.32. The van der Waals surface area contributed by atoms with Gasteiger partial charge in [0.05, 0.1) is 17.4 Å².